The second-order valence-electron chi connectivity index (χ2n) is 3.95. The lowest BCUT2D eigenvalue weighted by molar-refractivity contribution is 0.0994. The zero-order valence-corrected chi connectivity index (χ0v) is 10.6. The van der Waals surface area contributed by atoms with Crippen molar-refractivity contribution in [1.29, 1.82) is 0 Å². The van der Waals surface area contributed by atoms with Crippen LogP contribution in [0.1, 0.15) is 16.8 Å². The van der Waals surface area contributed by atoms with E-state index in [-0.39, 0.29) is 6.42 Å². The van der Waals surface area contributed by atoms with Crippen LogP contribution >= 0.6 is 11.6 Å². The van der Waals surface area contributed by atoms with Gasteiger partial charge in [0, 0.05) is 12.0 Å². The largest absolute Gasteiger partial charge is 0.295 e. The van der Waals surface area contributed by atoms with Crippen LogP contribution in [0.15, 0.2) is 69.7 Å². The molecule has 1 aliphatic rings. The Morgan fingerprint density at radius 1 is 1.26 bits per heavy atom. The van der Waals surface area contributed by atoms with E-state index >= 15 is 0 Å². The van der Waals surface area contributed by atoms with Gasteiger partial charge in [-0.3, -0.25) is 4.79 Å². The molecule has 0 radical (unpaired) electrons. The first-order valence-corrected chi connectivity index (χ1v) is 5.95. The molecule has 0 aliphatic heterocycles. The molecular formula is C13H10ClN3O2. The monoisotopic (exact) mass is 275 g/mol. The Kier molecular flexibility index (Phi) is 3.97. The normalized spacial score (nSPS) is 22.3. The van der Waals surface area contributed by atoms with Gasteiger partial charge in [-0.15, -0.1) is 15.1 Å². The quantitative estimate of drug-likeness (QED) is 0.364. The summed E-state index contributed by atoms with van der Waals surface area (Å²) in [6.07, 6.45) is 4.78. The van der Waals surface area contributed by atoms with Gasteiger partial charge in [-0.1, -0.05) is 35.9 Å². The van der Waals surface area contributed by atoms with E-state index in [0.29, 0.717) is 11.3 Å². The molecule has 1 unspecified atom stereocenters. The minimum Gasteiger partial charge on any atom is -0.265 e. The number of rotatable bonds is 3. The topological polar surface area (TPSA) is 71.2 Å². The van der Waals surface area contributed by atoms with Crippen molar-refractivity contribution in [2.24, 2.45) is 15.4 Å². The highest BCUT2D eigenvalue weighted by molar-refractivity contribution is 6.25. The van der Waals surface area contributed by atoms with Gasteiger partial charge in [0.25, 0.3) is 5.91 Å². The number of nitrogens with zero attached hydrogens (tertiary/aromatic N) is 3. The number of hydrogen-bond donors (Lipinski definition) is 0. The van der Waals surface area contributed by atoms with Crippen molar-refractivity contribution >= 4 is 17.5 Å². The molecule has 0 saturated heterocycles. The summed E-state index contributed by atoms with van der Waals surface area (Å²) in [5, 5.41) is 10.2. The van der Waals surface area contributed by atoms with Crippen LogP contribution in [0.3, 0.4) is 0 Å². The molecule has 1 atom stereocenters. The number of halogens is 1. The Labute approximate surface area is 114 Å². The van der Waals surface area contributed by atoms with E-state index < -0.39 is 10.9 Å². The third-order valence-electron chi connectivity index (χ3n) is 2.54. The number of azo groups is 1. The van der Waals surface area contributed by atoms with E-state index in [1.807, 2.05) is 6.07 Å². The summed E-state index contributed by atoms with van der Waals surface area (Å²) >= 11 is 5.83. The van der Waals surface area contributed by atoms with Gasteiger partial charge in [-0.25, -0.2) is 0 Å². The fraction of sp³-hybridized carbons (Fsp3) is 0.154. The molecule has 6 heteroatoms. The fourth-order valence-electron chi connectivity index (χ4n) is 1.48. The molecule has 19 heavy (non-hydrogen) atoms. The number of carbonyl (C=O) groups is 1. The first kappa shape index (κ1) is 13.3. The Morgan fingerprint density at radius 2 is 2.00 bits per heavy atom. The summed E-state index contributed by atoms with van der Waals surface area (Å²) < 4.78 is 0. The van der Waals surface area contributed by atoms with Crippen LogP contribution in [0, 0.1) is 4.91 Å². The van der Waals surface area contributed by atoms with Crippen molar-refractivity contribution < 1.29 is 4.79 Å². The standard InChI is InChI=1S/C13H10ClN3O2/c14-13(17-19)8-6-11(7-9-13)15-16-12(18)10-4-2-1-3-5-10/h1-8H,9H2. The Morgan fingerprint density at radius 3 is 2.58 bits per heavy atom. The molecular weight excluding hydrogens is 266 g/mol. The molecule has 0 aromatic heterocycles. The average molecular weight is 276 g/mol. The van der Waals surface area contributed by atoms with E-state index in [2.05, 4.69) is 15.4 Å². The smallest absolute Gasteiger partial charge is 0.265 e. The summed E-state index contributed by atoms with van der Waals surface area (Å²) in [7, 11) is 0. The van der Waals surface area contributed by atoms with Crippen LogP contribution in [0.25, 0.3) is 0 Å². The Hall–Kier alpha value is -2.14. The maximum atomic E-state index is 11.7. The molecule has 1 aliphatic carbocycles. The molecule has 96 valence electrons. The summed E-state index contributed by atoms with van der Waals surface area (Å²) in [6, 6.07) is 8.63. The maximum Gasteiger partial charge on any atom is 0.295 e. The van der Waals surface area contributed by atoms with Gasteiger partial charge in [0.2, 0.25) is 0 Å². The maximum absolute atomic E-state index is 11.7. The van der Waals surface area contributed by atoms with Gasteiger partial charge in [0.05, 0.1) is 5.70 Å². The third-order valence-corrected chi connectivity index (χ3v) is 2.89. The number of allylic oxidation sites excluding steroid dienone is 1. The van der Waals surface area contributed by atoms with Crippen LogP contribution in [0.2, 0.25) is 0 Å². The van der Waals surface area contributed by atoms with E-state index in [1.165, 1.54) is 12.2 Å². The number of amides is 1. The van der Waals surface area contributed by atoms with Crippen molar-refractivity contribution in [2.45, 2.75) is 11.4 Å². The Balaban J connectivity index is 2.04. The molecule has 1 aromatic carbocycles. The predicted octanol–water partition coefficient (Wildman–Crippen LogP) is 3.82. The third kappa shape index (κ3) is 3.42. The highest BCUT2D eigenvalue weighted by atomic mass is 35.5. The van der Waals surface area contributed by atoms with Crippen molar-refractivity contribution in [2.75, 3.05) is 0 Å². The lowest BCUT2D eigenvalue weighted by atomic mass is 10.1. The second-order valence-corrected chi connectivity index (χ2v) is 4.60. The van der Waals surface area contributed by atoms with Crippen molar-refractivity contribution in [3.05, 3.63) is 64.7 Å². The van der Waals surface area contributed by atoms with Gasteiger partial charge < -0.3 is 0 Å². The average Bonchev–Trinajstić information content (AvgIpc) is 2.47. The van der Waals surface area contributed by atoms with Gasteiger partial charge in [-0.05, 0) is 29.5 Å². The SMILES string of the molecule is O=NC1(Cl)C=CC(N=NC(=O)c2ccccc2)=CC1. The highest BCUT2D eigenvalue weighted by Crippen LogP contribution is 2.29. The molecule has 0 bridgehead atoms. The van der Waals surface area contributed by atoms with Crippen LogP contribution in [0.4, 0.5) is 0 Å². The minimum absolute atomic E-state index is 0.225. The van der Waals surface area contributed by atoms with Crippen LogP contribution < -0.4 is 0 Å². The number of benzene rings is 1. The molecule has 1 aromatic rings. The van der Waals surface area contributed by atoms with E-state index in [9.17, 15) is 9.70 Å². The van der Waals surface area contributed by atoms with Gasteiger partial charge >= 0.3 is 0 Å². The predicted molar refractivity (Wildman–Crippen MR) is 71.8 cm³/mol. The van der Waals surface area contributed by atoms with Gasteiger partial charge in [-0.2, -0.15) is 0 Å². The van der Waals surface area contributed by atoms with E-state index in [0.717, 1.165) is 0 Å². The zero-order chi connectivity index (χ0) is 13.7. The van der Waals surface area contributed by atoms with Crippen molar-refractivity contribution in [1.82, 2.24) is 0 Å². The lowest BCUT2D eigenvalue weighted by Gasteiger charge is -2.14. The molecule has 0 N–H and O–H groups in total. The molecule has 1 amide bonds. The fourth-order valence-corrected chi connectivity index (χ4v) is 1.62. The summed E-state index contributed by atoms with van der Waals surface area (Å²) in [4.78, 5) is 20.9. The van der Waals surface area contributed by atoms with Crippen molar-refractivity contribution in [3.8, 4) is 0 Å². The summed E-state index contributed by atoms with van der Waals surface area (Å²) in [5.74, 6) is -0.425. The molecule has 0 fully saturated rings. The summed E-state index contributed by atoms with van der Waals surface area (Å²) in [5.41, 5.74) is 0.942. The molecule has 0 spiro atoms. The molecule has 0 saturated carbocycles. The lowest BCUT2D eigenvalue weighted by Crippen LogP contribution is -2.15. The first-order chi connectivity index (χ1) is 9.13. The molecule has 5 nitrogen and oxygen atoms in total. The van der Waals surface area contributed by atoms with Crippen LogP contribution in [-0.4, -0.2) is 10.9 Å². The van der Waals surface area contributed by atoms with Gasteiger partial charge in [0.15, 0.2) is 5.00 Å². The van der Waals surface area contributed by atoms with Crippen LogP contribution in [-0.2, 0) is 0 Å². The number of carbonyl (C=O) groups excluding carboxylic acids is 1. The molecule has 0 heterocycles. The molecule has 2 rings (SSSR count). The summed E-state index contributed by atoms with van der Waals surface area (Å²) in [6.45, 7) is 0. The zero-order valence-electron chi connectivity index (χ0n) is 9.86. The Bertz CT molecular complexity index is 581. The van der Waals surface area contributed by atoms with E-state index in [1.54, 1.807) is 30.3 Å². The number of hydrogen-bond acceptors (Lipinski definition) is 4. The minimum atomic E-state index is -1.25. The number of alkyl halides is 1. The van der Waals surface area contributed by atoms with E-state index in [4.69, 9.17) is 11.6 Å². The highest BCUT2D eigenvalue weighted by Gasteiger charge is 2.26. The van der Waals surface area contributed by atoms with Crippen LogP contribution in [0.5, 0.6) is 0 Å². The van der Waals surface area contributed by atoms with Crippen molar-refractivity contribution in [3.63, 3.8) is 0 Å². The van der Waals surface area contributed by atoms with Gasteiger partial charge in [0.1, 0.15) is 0 Å². The number of nitroso groups, excluding NO2 is 1. The second kappa shape index (κ2) is 5.67. The first-order valence-electron chi connectivity index (χ1n) is 5.57.